The van der Waals surface area contributed by atoms with E-state index in [0.29, 0.717) is 17.9 Å². The van der Waals surface area contributed by atoms with Gasteiger partial charge < -0.3 is 11.1 Å². The van der Waals surface area contributed by atoms with Gasteiger partial charge in [-0.05, 0) is 32.7 Å². The van der Waals surface area contributed by atoms with Crippen molar-refractivity contribution in [3.63, 3.8) is 0 Å². The molecule has 0 atom stereocenters. The van der Waals surface area contributed by atoms with Gasteiger partial charge in [-0.25, -0.2) is 0 Å². The monoisotopic (exact) mass is 195 g/mol. The highest BCUT2D eigenvalue weighted by atomic mass is 15.5. The van der Waals surface area contributed by atoms with E-state index in [1.165, 1.54) is 12.8 Å². The third-order valence-corrected chi connectivity index (χ3v) is 2.96. The van der Waals surface area contributed by atoms with Crippen LogP contribution in [-0.4, -0.2) is 28.1 Å². The molecule has 1 saturated carbocycles. The molecular weight excluding hydrogens is 178 g/mol. The summed E-state index contributed by atoms with van der Waals surface area (Å²) >= 11 is 0. The highest BCUT2D eigenvalue weighted by molar-refractivity contribution is 5.19. The first-order valence-corrected chi connectivity index (χ1v) is 5.14. The molecule has 5 heteroatoms. The van der Waals surface area contributed by atoms with Crippen molar-refractivity contribution in [3.05, 3.63) is 6.20 Å². The minimum absolute atomic E-state index is 0.442. The van der Waals surface area contributed by atoms with E-state index in [-0.39, 0.29) is 0 Å². The van der Waals surface area contributed by atoms with Crippen molar-refractivity contribution in [2.45, 2.75) is 37.8 Å². The number of hydrogen-bond donors (Lipinski definition) is 2. The maximum Gasteiger partial charge on any atom is 0.165 e. The van der Waals surface area contributed by atoms with Crippen LogP contribution in [0.1, 0.15) is 31.7 Å². The largest absolute Gasteiger partial charge is 0.381 e. The summed E-state index contributed by atoms with van der Waals surface area (Å²) in [4.78, 5) is 1.77. The van der Waals surface area contributed by atoms with Crippen LogP contribution in [0.2, 0.25) is 0 Å². The van der Waals surface area contributed by atoms with Gasteiger partial charge in [-0.15, -0.1) is 5.10 Å². The molecule has 3 N–H and O–H groups in total. The summed E-state index contributed by atoms with van der Waals surface area (Å²) in [6.45, 7) is 0. The van der Waals surface area contributed by atoms with E-state index in [9.17, 15) is 0 Å². The van der Waals surface area contributed by atoms with Crippen molar-refractivity contribution in [3.8, 4) is 0 Å². The van der Waals surface area contributed by atoms with E-state index in [4.69, 9.17) is 5.73 Å². The predicted molar refractivity (Wildman–Crippen MR) is 54.8 cm³/mol. The fourth-order valence-electron chi connectivity index (χ4n) is 2.06. The lowest BCUT2D eigenvalue weighted by Gasteiger charge is -2.27. The number of aromatic nitrogens is 3. The van der Waals surface area contributed by atoms with Crippen molar-refractivity contribution in [1.29, 1.82) is 0 Å². The van der Waals surface area contributed by atoms with Gasteiger partial charge in [-0.3, -0.25) is 0 Å². The smallest absolute Gasteiger partial charge is 0.165 e. The Bertz CT molecular complexity index is 287. The average molecular weight is 195 g/mol. The summed E-state index contributed by atoms with van der Waals surface area (Å²) in [5, 5.41) is 11.6. The summed E-state index contributed by atoms with van der Waals surface area (Å²) in [7, 11) is 2.02. The van der Waals surface area contributed by atoms with E-state index in [0.717, 1.165) is 12.8 Å². The van der Waals surface area contributed by atoms with Crippen molar-refractivity contribution in [1.82, 2.24) is 20.3 Å². The number of nitrogen functional groups attached to an aromatic ring is 1. The normalized spacial score (nSPS) is 27.8. The van der Waals surface area contributed by atoms with Crippen LogP contribution >= 0.6 is 0 Å². The highest BCUT2D eigenvalue weighted by Crippen LogP contribution is 2.27. The first kappa shape index (κ1) is 9.45. The Labute approximate surface area is 83.7 Å². The molecule has 0 aliphatic heterocycles. The number of rotatable bonds is 2. The molecule has 0 unspecified atom stereocenters. The molecule has 1 aromatic heterocycles. The van der Waals surface area contributed by atoms with Crippen LogP contribution in [0, 0.1) is 0 Å². The zero-order valence-corrected chi connectivity index (χ0v) is 8.48. The number of anilines is 1. The lowest BCUT2D eigenvalue weighted by molar-refractivity contribution is 0.265. The van der Waals surface area contributed by atoms with Crippen molar-refractivity contribution >= 4 is 5.82 Å². The summed E-state index contributed by atoms with van der Waals surface area (Å²) in [5.41, 5.74) is 5.53. The molecular formula is C9H17N5. The Morgan fingerprint density at radius 1 is 1.43 bits per heavy atom. The molecule has 14 heavy (non-hydrogen) atoms. The van der Waals surface area contributed by atoms with Crippen LogP contribution in [0.3, 0.4) is 0 Å². The van der Waals surface area contributed by atoms with Crippen LogP contribution < -0.4 is 11.1 Å². The molecule has 0 saturated heterocycles. The quantitative estimate of drug-likeness (QED) is 0.723. The number of nitrogens with zero attached hydrogens (tertiary/aromatic N) is 3. The maximum atomic E-state index is 5.53. The van der Waals surface area contributed by atoms with Gasteiger partial charge in [0.15, 0.2) is 5.82 Å². The minimum Gasteiger partial charge on any atom is -0.381 e. The Hall–Kier alpha value is -1.10. The van der Waals surface area contributed by atoms with Gasteiger partial charge in [0.25, 0.3) is 0 Å². The predicted octanol–water partition coefficient (Wildman–Crippen LogP) is 0.563. The lowest BCUT2D eigenvalue weighted by Crippen LogP contribution is -2.31. The standard InChI is InChI=1S/C9H17N5/c1-11-7-2-4-8(5-3-7)14-12-6-9(10)13-14/h6-8,11H,2-5H2,1H3,(H2,10,13). The molecule has 1 aliphatic carbocycles. The molecule has 0 radical (unpaired) electrons. The molecule has 0 amide bonds. The molecule has 5 nitrogen and oxygen atoms in total. The van der Waals surface area contributed by atoms with Crippen LogP contribution in [0.5, 0.6) is 0 Å². The van der Waals surface area contributed by atoms with Gasteiger partial charge in [-0.1, -0.05) is 0 Å². The third-order valence-electron chi connectivity index (χ3n) is 2.96. The Balaban J connectivity index is 1.95. The minimum atomic E-state index is 0.442. The molecule has 1 fully saturated rings. The Kier molecular flexibility index (Phi) is 2.67. The van der Waals surface area contributed by atoms with E-state index >= 15 is 0 Å². The molecule has 0 spiro atoms. The first-order valence-electron chi connectivity index (χ1n) is 5.14. The Morgan fingerprint density at radius 2 is 2.14 bits per heavy atom. The summed E-state index contributed by atoms with van der Waals surface area (Å²) in [6.07, 6.45) is 6.29. The number of nitrogens with one attached hydrogen (secondary N) is 1. The SMILES string of the molecule is CNC1CCC(n2ncc(N)n2)CC1. The maximum absolute atomic E-state index is 5.53. The molecule has 0 bridgehead atoms. The van der Waals surface area contributed by atoms with Crippen LogP contribution in [0.4, 0.5) is 5.82 Å². The second-order valence-corrected chi connectivity index (χ2v) is 3.88. The second-order valence-electron chi connectivity index (χ2n) is 3.88. The van der Waals surface area contributed by atoms with E-state index in [1.807, 2.05) is 7.05 Å². The van der Waals surface area contributed by atoms with Gasteiger partial charge in [0.1, 0.15) is 0 Å². The zero-order valence-electron chi connectivity index (χ0n) is 8.48. The van der Waals surface area contributed by atoms with Crippen molar-refractivity contribution < 1.29 is 0 Å². The molecule has 1 aliphatic rings. The van der Waals surface area contributed by atoms with E-state index in [2.05, 4.69) is 15.5 Å². The number of hydrogen-bond acceptors (Lipinski definition) is 4. The van der Waals surface area contributed by atoms with Gasteiger partial charge >= 0.3 is 0 Å². The van der Waals surface area contributed by atoms with Gasteiger partial charge in [0.05, 0.1) is 12.2 Å². The van der Waals surface area contributed by atoms with Crippen molar-refractivity contribution in [2.24, 2.45) is 0 Å². The van der Waals surface area contributed by atoms with E-state index < -0.39 is 0 Å². The van der Waals surface area contributed by atoms with Gasteiger partial charge in [-0.2, -0.15) is 9.90 Å². The van der Waals surface area contributed by atoms with Crippen LogP contribution in [-0.2, 0) is 0 Å². The van der Waals surface area contributed by atoms with Crippen LogP contribution in [0.15, 0.2) is 6.20 Å². The topological polar surface area (TPSA) is 68.8 Å². The van der Waals surface area contributed by atoms with Gasteiger partial charge in [0, 0.05) is 6.04 Å². The van der Waals surface area contributed by atoms with E-state index in [1.54, 1.807) is 11.0 Å². The fraction of sp³-hybridized carbons (Fsp3) is 0.778. The molecule has 0 aromatic carbocycles. The van der Waals surface area contributed by atoms with Gasteiger partial charge in [0.2, 0.25) is 0 Å². The highest BCUT2D eigenvalue weighted by Gasteiger charge is 2.22. The van der Waals surface area contributed by atoms with Crippen LogP contribution in [0.25, 0.3) is 0 Å². The molecule has 1 heterocycles. The van der Waals surface area contributed by atoms with Crippen molar-refractivity contribution in [2.75, 3.05) is 12.8 Å². The first-order chi connectivity index (χ1) is 6.79. The molecule has 2 rings (SSSR count). The summed E-state index contributed by atoms with van der Waals surface area (Å²) in [5.74, 6) is 0.515. The average Bonchev–Trinajstić information content (AvgIpc) is 2.65. The fourth-order valence-corrected chi connectivity index (χ4v) is 2.06. The number of nitrogens with two attached hydrogens (primary N) is 1. The lowest BCUT2D eigenvalue weighted by atomic mass is 9.92. The third kappa shape index (κ3) is 1.87. The molecule has 1 aromatic rings. The summed E-state index contributed by atoms with van der Waals surface area (Å²) in [6, 6.07) is 1.11. The summed E-state index contributed by atoms with van der Waals surface area (Å²) < 4.78 is 0. The zero-order chi connectivity index (χ0) is 9.97. The second kappa shape index (κ2) is 3.96. The Morgan fingerprint density at radius 3 is 2.64 bits per heavy atom. The molecule has 78 valence electrons.